The van der Waals surface area contributed by atoms with Gasteiger partial charge in [-0.3, -0.25) is 4.90 Å². The Kier molecular flexibility index (Phi) is 6.31. The van der Waals surface area contributed by atoms with Gasteiger partial charge in [0.25, 0.3) is 0 Å². The number of aromatic nitrogens is 5. The maximum absolute atomic E-state index is 14.3. The van der Waals surface area contributed by atoms with Crippen LogP contribution in [0.2, 0.25) is 0 Å². The van der Waals surface area contributed by atoms with Gasteiger partial charge in [-0.15, -0.1) is 0 Å². The minimum absolute atomic E-state index is 0.209. The fraction of sp³-hybridized carbons (Fsp3) is 0.333. The molecule has 0 saturated carbocycles. The van der Waals surface area contributed by atoms with Crippen LogP contribution in [-0.4, -0.2) is 55.7 Å². The van der Waals surface area contributed by atoms with Gasteiger partial charge in [0.05, 0.1) is 23.5 Å². The van der Waals surface area contributed by atoms with E-state index in [-0.39, 0.29) is 6.01 Å². The number of halogens is 2. The van der Waals surface area contributed by atoms with Gasteiger partial charge in [-0.1, -0.05) is 6.07 Å². The van der Waals surface area contributed by atoms with Crippen LogP contribution >= 0.6 is 0 Å². The molecule has 176 valence electrons. The summed E-state index contributed by atoms with van der Waals surface area (Å²) in [4.78, 5) is 15.8. The number of rotatable bonds is 8. The number of hydrogen-bond donors (Lipinski definition) is 1. The van der Waals surface area contributed by atoms with E-state index in [1.807, 2.05) is 0 Å². The van der Waals surface area contributed by atoms with Crippen molar-refractivity contribution in [2.75, 3.05) is 31.6 Å². The van der Waals surface area contributed by atoms with Crippen molar-refractivity contribution in [3.8, 4) is 17.3 Å². The summed E-state index contributed by atoms with van der Waals surface area (Å²) in [7, 11) is 0. The van der Waals surface area contributed by atoms with E-state index < -0.39 is 17.7 Å². The van der Waals surface area contributed by atoms with E-state index in [0.717, 1.165) is 31.3 Å². The second-order valence-corrected chi connectivity index (χ2v) is 8.30. The molecule has 0 radical (unpaired) electrons. The number of hydrogen-bond acceptors (Lipinski definition) is 7. The fourth-order valence-electron chi connectivity index (χ4n) is 4.13. The standard InChI is InChI=1S/C24H25F2N7O/c1-16(18-6-5-17(25)13-20(18)26)29-22-14-21(19-15-28-33-10-4-7-27-23(19)33)30-24(31-22)34-12-11-32-8-2-3-9-32/h4-7,10,13-16H,2-3,8-9,11-12H2,1H3,(H,29,30,31)/t16-/m0/s1. The van der Waals surface area contributed by atoms with Gasteiger partial charge >= 0.3 is 6.01 Å². The number of nitrogens with zero attached hydrogens (tertiary/aromatic N) is 6. The van der Waals surface area contributed by atoms with Gasteiger partial charge in [-0.25, -0.2) is 18.3 Å². The molecule has 0 aliphatic carbocycles. The topological polar surface area (TPSA) is 80.5 Å². The number of likely N-dealkylation sites (tertiary alicyclic amines) is 1. The molecule has 0 spiro atoms. The van der Waals surface area contributed by atoms with Crippen LogP contribution in [0.4, 0.5) is 14.6 Å². The minimum atomic E-state index is -0.622. The van der Waals surface area contributed by atoms with E-state index >= 15 is 0 Å². The Balaban J connectivity index is 1.43. The van der Waals surface area contributed by atoms with Gasteiger partial charge in [-0.05, 0) is 45.0 Å². The van der Waals surface area contributed by atoms with E-state index in [1.165, 1.54) is 25.0 Å². The number of anilines is 1. The van der Waals surface area contributed by atoms with Gasteiger partial charge in [0.1, 0.15) is 24.1 Å². The van der Waals surface area contributed by atoms with Crippen LogP contribution in [-0.2, 0) is 0 Å². The largest absolute Gasteiger partial charge is 0.462 e. The first kappa shape index (κ1) is 22.1. The molecule has 1 atom stereocenters. The van der Waals surface area contributed by atoms with E-state index in [0.29, 0.717) is 29.3 Å². The van der Waals surface area contributed by atoms with E-state index in [4.69, 9.17) is 4.74 Å². The summed E-state index contributed by atoms with van der Waals surface area (Å²) in [5.41, 5.74) is 2.27. The molecule has 8 nitrogen and oxygen atoms in total. The minimum Gasteiger partial charge on any atom is -0.462 e. The van der Waals surface area contributed by atoms with Crippen LogP contribution < -0.4 is 10.1 Å². The van der Waals surface area contributed by atoms with Gasteiger partial charge in [-0.2, -0.15) is 15.1 Å². The fourth-order valence-corrected chi connectivity index (χ4v) is 4.13. The van der Waals surface area contributed by atoms with E-state index in [9.17, 15) is 8.78 Å². The molecule has 1 aliphatic rings. The van der Waals surface area contributed by atoms with Gasteiger partial charge in [0.15, 0.2) is 5.65 Å². The molecule has 1 saturated heterocycles. The number of ether oxygens (including phenoxy) is 1. The normalized spacial score (nSPS) is 15.0. The highest BCUT2D eigenvalue weighted by Crippen LogP contribution is 2.28. The van der Waals surface area contributed by atoms with Crippen LogP contribution in [0.5, 0.6) is 6.01 Å². The first-order valence-electron chi connectivity index (χ1n) is 11.3. The quantitative estimate of drug-likeness (QED) is 0.419. The van der Waals surface area contributed by atoms with E-state index in [1.54, 1.807) is 42.2 Å². The summed E-state index contributed by atoms with van der Waals surface area (Å²) in [5, 5.41) is 7.53. The number of fused-ring (bicyclic) bond motifs is 1. The average Bonchev–Trinajstić information content (AvgIpc) is 3.49. The number of benzene rings is 1. The van der Waals surface area contributed by atoms with Crippen LogP contribution in [0, 0.1) is 11.6 Å². The molecular formula is C24H25F2N7O. The van der Waals surface area contributed by atoms with Crippen molar-refractivity contribution in [3.63, 3.8) is 0 Å². The summed E-state index contributed by atoms with van der Waals surface area (Å²) in [6, 6.07) is 6.81. The summed E-state index contributed by atoms with van der Waals surface area (Å²) in [5.74, 6) is -0.789. The Morgan fingerprint density at radius 2 is 2.00 bits per heavy atom. The van der Waals surface area contributed by atoms with Crippen molar-refractivity contribution in [2.24, 2.45) is 0 Å². The third kappa shape index (κ3) is 4.81. The van der Waals surface area contributed by atoms with Gasteiger partial charge in [0, 0.05) is 36.6 Å². The monoisotopic (exact) mass is 465 g/mol. The predicted molar refractivity (Wildman–Crippen MR) is 124 cm³/mol. The van der Waals surface area contributed by atoms with Crippen molar-refractivity contribution in [1.29, 1.82) is 0 Å². The molecule has 1 aliphatic heterocycles. The summed E-state index contributed by atoms with van der Waals surface area (Å²) in [6.07, 6.45) is 7.59. The smallest absolute Gasteiger partial charge is 0.318 e. The Hall–Kier alpha value is -3.66. The summed E-state index contributed by atoms with van der Waals surface area (Å²) >= 11 is 0. The molecule has 1 N–H and O–H groups in total. The Morgan fingerprint density at radius 1 is 1.15 bits per heavy atom. The molecule has 10 heteroatoms. The van der Waals surface area contributed by atoms with Crippen LogP contribution in [0.1, 0.15) is 31.4 Å². The molecule has 1 aromatic carbocycles. The second-order valence-electron chi connectivity index (χ2n) is 8.30. The highest BCUT2D eigenvalue weighted by molar-refractivity contribution is 5.75. The van der Waals surface area contributed by atoms with Crippen molar-refractivity contribution >= 4 is 11.5 Å². The highest BCUT2D eigenvalue weighted by atomic mass is 19.1. The lowest BCUT2D eigenvalue weighted by Gasteiger charge is -2.18. The molecular weight excluding hydrogens is 440 g/mol. The highest BCUT2D eigenvalue weighted by Gasteiger charge is 2.17. The Bertz CT molecular complexity index is 1290. The zero-order valence-electron chi connectivity index (χ0n) is 18.8. The molecule has 1 fully saturated rings. The molecule has 3 aromatic heterocycles. The first-order chi connectivity index (χ1) is 16.6. The van der Waals surface area contributed by atoms with Crippen molar-refractivity contribution in [1.82, 2.24) is 29.5 Å². The average molecular weight is 466 g/mol. The van der Waals surface area contributed by atoms with Crippen LogP contribution in [0.15, 0.2) is 48.9 Å². The second kappa shape index (κ2) is 9.68. The lowest BCUT2D eigenvalue weighted by Crippen LogP contribution is -2.25. The molecule has 34 heavy (non-hydrogen) atoms. The Labute approximate surface area is 195 Å². The predicted octanol–water partition coefficient (Wildman–Crippen LogP) is 4.11. The van der Waals surface area contributed by atoms with E-state index in [2.05, 4.69) is 30.3 Å². The van der Waals surface area contributed by atoms with Gasteiger partial charge in [0.2, 0.25) is 0 Å². The molecule has 0 amide bonds. The zero-order valence-corrected chi connectivity index (χ0v) is 18.8. The molecule has 0 unspecified atom stereocenters. The Morgan fingerprint density at radius 3 is 2.82 bits per heavy atom. The van der Waals surface area contributed by atoms with Crippen LogP contribution in [0.3, 0.4) is 0 Å². The SMILES string of the molecule is C[C@H](Nc1cc(-c2cnn3cccnc23)nc(OCCN2CCCC2)n1)c1ccc(F)cc1F. The van der Waals surface area contributed by atoms with Crippen LogP contribution in [0.25, 0.3) is 16.9 Å². The summed E-state index contributed by atoms with van der Waals surface area (Å²) in [6.45, 7) is 5.19. The first-order valence-corrected chi connectivity index (χ1v) is 11.3. The third-order valence-corrected chi connectivity index (χ3v) is 5.89. The summed E-state index contributed by atoms with van der Waals surface area (Å²) < 4.78 is 35.2. The maximum Gasteiger partial charge on any atom is 0.318 e. The lowest BCUT2D eigenvalue weighted by molar-refractivity contribution is 0.226. The number of nitrogens with one attached hydrogen (secondary N) is 1. The van der Waals surface area contributed by atoms with Crippen molar-refractivity contribution < 1.29 is 13.5 Å². The molecule has 0 bridgehead atoms. The molecule has 5 rings (SSSR count). The van der Waals surface area contributed by atoms with Crippen molar-refractivity contribution in [2.45, 2.75) is 25.8 Å². The maximum atomic E-state index is 14.3. The lowest BCUT2D eigenvalue weighted by atomic mass is 10.1. The molecule has 4 heterocycles. The zero-order chi connectivity index (χ0) is 23.5. The molecule has 4 aromatic rings. The van der Waals surface area contributed by atoms with Crippen molar-refractivity contribution in [3.05, 3.63) is 66.1 Å². The van der Waals surface area contributed by atoms with Gasteiger partial charge < -0.3 is 10.1 Å². The third-order valence-electron chi connectivity index (χ3n) is 5.89.